The average Bonchev–Trinajstić information content (AvgIpc) is 2.21. The minimum absolute atomic E-state index is 0.151. The van der Waals surface area contributed by atoms with E-state index in [2.05, 4.69) is 5.32 Å². The van der Waals surface area contributed by atoms with Gasteiger partial charge in [0.1, 0.15) is 6.29 Å². The van der Waals surface area contributed by atoms with Gasteiger partial charge < -0.3 is 15.2 Å². The highest BCUT2D eigenvalue weighted by molar-refractivity contribution is 5.99. The molecule has 0 spiro atoms. The van der Waals surface area contributed by atoms with Gasteiger partial charge in [-0.15, -0.1) is 0 Å². The molecule has 0 fully saturated rings. The number of hydrogen-bond donors (Lipinski definition) is 2. The lowest BCUT2D eigenvalue weighted by Crippen LogP contribution is -2.34. The van der Waals surface area contributed by atoms with E-state index in [-0.39, 0.29) is 23.0 Å². The second kappa shape index (κ2) is 3.27. The van der Waals surface area contributed by atoms with Gasteiger partial charge in [-0.3, -0.25) is 9.59 Å². The minimum atomic E-state index is -0.648. The predicted molar refractivity (Wildman–Crippen MR) is 52.2 cm³/mol. The molecular formula is C10H9NO4. The van der Waals surface area contributed by atoms with Crippen molar-refractivity contribution < 1.29 is 19.4 Å². The first kappa shape index (κ1) is 9.51. The van der Waals surface area contributed by atoms with Crippen molar-refractivity contribution in [3.8, 4) is 11.5 Å². The van der Waals surface area contributed by atoms with E-state index >= 15 is 0 Å². The molecule has 1 aliphatic heterocycles. The molecule has 15 heavy (non-hydrogen) atoms. The molecule has 0 aromatic heterocycles. The lowest BCUT2D eigenvalue weighted by molar-refractivity contribution is -0.122. The molecule has 0 radical (unpaired) electrons. The quantitative estimate of drug-likeness (QED) is 0.671. The number of anilines is 1. The second-order valence-corrected chi connectivity index (χ2v) is 3.28. The zero-order valence-electron chi connectivity index (χ0n) is 7.98. The molecule has 2 N–H and O–H groups in total. The predicted octanol–water partition coefficient (Wildman–Crippen LogP) is 0.924. The van der Waals surface area contributed by atoms with Crippen LogP contribution in [0.25, 0.3) is 0 Å². The normalized spacial score (nSPS) is 18.7. The summed E-state index contributed by atoms with van der Waals surface area (Å²) in [5, 5.41) is 12.1. The van der Waals surface area contributed by atoms with E-state index in [1.165, 1.54) is 12.1 Å². The minimum Gasteiger partial charge on any atom is -0.504 e. The summed E-state index contributed by atoms with van der Waals surface area (Å²) in [6, 6.07) is 2.74. The largest absolute Gasteiger partial charge is 0.504 e. The maximum absolute atomic E-state index is 11.3. The fraction of sp³-hybridized carbons (Fsp3) is 0.200. The van der Waals surface area contributed by atoms with E-state index in [1.807, 2.05) is 0 Å². The Labute approximate surface area is 85.7 Å². The highest BCUT2D eigenvalue weighted by Gasteiger charge is 2.26. The lowest BCUT2D eigenvalue weighted by Gasteiger charge is -2.24. The number of aromatic hydroxyl groups is 1. The third kappa shape index (κ3) is 1.52. The summed E-state index contributed by atoms with van der Waals surface area (Å²) in [5.74, 6) is -0.251. The van der Waals surface area contributed by atoms with Gasteiger partial charge in [-0.05, 0) is 19.1 Å². The van der Waals surface area contributed by atoms with Crippen molar-refractivity contribution in [3.05, 3.63) is 17.7 Å². The Bertz CT molecular complexity index is 441. The van der Waals surface area contributed by atoms with Crippen LogP contribution in [0.15, 0.2) is 12.1 Å². The third-order valence-corrected chi connectivity index (χ3v) is 2.15. The van der Waals surface area contributed by atoms with E-state index in [0.29, 0.717) is 12.0 Å². The van der Waals surface area contributed by atoms with Gasteiger partial charge in [0.15, 0.2) is 17.6 Å². The van der Waals surface area contributed by atoms with E-state index in [1.54, 1.807) is 6.92 Å². The van der Waals surface area contributed by atoms with E-state index in [9.17, 15) is 14.7 Å². The maximum atomic E-state index is 11.3. The number of hydrogen-bond acceptors (Lipinski definition) is 4. The van der Waals surface area contributed by atoms with Gasteiger partial charge in [-0.1, -0.05) is 0 Å². The number of benzene rings is 1. The van der Waals surface area contributed by atoms with Gasteiger partial charge in [-0.2, -0.15) is 0 Å². The smallest absolute Gasteiger partial charge is 0.265 e. The third-order valence-electron chi connectivity index (χ3n) is 2.15. The van der Waals surface area contributed by atoms with Gasteiger partial charge in [0.25, 0.3) is 5.91 Å². The zero-order valence-corrected chi connectivity index (χ0v) is 7.98. The van der Waals surface area contributed by atoms with E-state index in [4.69, 9.17) is 4.74 Å². The Hall–Kier alpha value is -2.04. The van der Waals surface area contributed by atoms with Crippen molar-refractivity contribution in [1.82, 2.24) is 0 Å². The highest BCUT2D eigenvalue weighted by Crippen LogP contribution is 2.38. The maximum Gasteiger partial charge on any atom is 0.265 e. The molecule has 0 aliphatic carbocycles. The molecule has 1 unspecified atom stereocenters. The van der Waals surface area contributed by atoms with Gasteiger partial charge in [0.2, 0.25) is 0 Å². The summed E-state index contributed by atoms with van der Waals surface area (Å²) < 4.78 is 5.20. The van der Waals surface area contributed by atoms with Crippen molar-refractivity contribution in [3.63, 3.8) is 0 Å². The molecule has 1 atom stereocenters. The SMILES string of the molecule is CC1Oc2c(O)cc(C=O)cc2NC1=O. The van der Waals surface area contributed by atoms with Crippen LogP contribution in [0.4, 0.5) is 5.69 Å². The van der Waals surface area contributed by atoms with Crippen LogP contribution in [0, 0.1) is 0 Å². The van der Waals surface area contributed by atoms with Gasteiger partial charge in [-0.25, -0.2) is 0 Å². The summed E-state index contributed by atoms with van der Waals surface area (Å²) in [6.07, 6.45) is -0.0602. The van der Waals surface area contributed by atoms with Crippen molar-refractivity contribution in [1.29, 1.82) is 0 Å². The topological polar surface area (TPSA) is 75.6 Å². The molecule has 2 rings (SSSR count). The number of carbonyl (C=O) groups is 2. The number of phenolic OH excluding ortho intramolecular Hbond substituents is 1. The van der Waals surface area contributed by atoms with Crippen LogP contribution in [0.1, 0.15) is 17.3 Å². The van der Waals surface area contributed by atoms with E-state index in [0.717, 1.165) is 0 Å². The molecule has 1 aromatic rings. The first-order valence-electron chi connectivity index (χ1n) is 4.41. The van der Waals surface area contributed by atoms with Crippen molar-refractivity contribution in [2.45, 2.75) is 13.0 Å². The fourth-order valence-corrected chi connectivity index (χ4v) is 1.38. The Morgan fingerprint density at radius 3 is 2.93 bits per heavy atom. The summed E-state index contributed by atoms with van der Waals surface area (Å²) in [7, 11) is 0. The molecule has 0 saturated carbocycles. The fourth-order valence-electron chi connectivity index (χ4n) is 1.38. The first-order valence-corrected chi connectivity index (χ1v) is 4.41. The van der Waals surface area contributed by atoms with Gasteiger partial charge in [0, 0.05) is 5.56 Å². The molecule has 1 aromatic carbocycles. The number of amides is 1. The van der Waals surface area contributed by atoms with Crippen LogP contribution >= 0.6 is 0 Å². The van der Waals surface area contributed by atoms with Crippen LogP contribution in [-0.2, 0) is 4.79 Å². The number of rotatable bonds is 1. The average molecular weight is 207 g/mol. The Kier molecular flexibility index (Phi) is 2.07. The number of nitrogens with one attached hydrogen (secondary N) is 1. The summed E-state index contributed by atoms with van der Waals surface area (Å²) in [5.41, 5.74) is 0.602. The molecule has 5 nitrogen and oxygen atoms in total. The van der Waals surface area contributed by atoms with E-state index < -0.39 is 6.10 Å². The standard InChI is InChI=1S/C10H9NO4/c1-5-10(14)11-7-2-6(4-12)3-8(13)9(7)15-5/h2-5,13H,1H3,(H,11,14). The molecular weight excluding hydrogens is 198 g/mol. The first-order chi connectivity index (χ1) is 7.11. The van der Waals surface area contributed by atoms with Gasteiger partial charge >= 0.3 is 0 Å². The Morgan fingerprint density at radius 1 is 1.53 bits per heavy atom. The van der Waals surface area contributed by atoms with Crippen LogP contribution in [0.2, 0.25) is 0 Å². The van der Waals surface area contributed by atoms with Crippen LogP contribution < -0.4 is 10.1 Å². The van der Waals surface area contributed by atoms with Crippen molar-refractivity contribution >= 4 is 17.9 Å². The van der Waals surface area contributed by atoms with Crippen LogP contribution in [0.5, 0.6) is 11.5 Å². The van der Waals surface area contributed by atoms with Crippen molar-refractivity contribution in [2.75, 3.05) is 5.32 Å². The highest BCUT2D eigenvalue weighted by atomic mass is 16.5. The lowest BCUT2D eigenvalue weighted by atomic mass is 10.1. The molecule has 5 heteroatoms. The number of carbonyl (C=O) groups excluding carboxylic acids is 2. The van der Waals surface area contributed by atoms with Crippen LogP contribution in [0.3, 0.4) is 0 Å². The summed E-state index contributed by atoms with van der Waals surface area (Å²) in [4.78, 5) is 21.8. The number of ether oxygens (including phenoxy) is 1. The zero-order chi connectivity index (χ0) is 11.0. The number of phenols is 1. The molecule has 1 aliphatic rings. The number of aldehydes is 1. The monoisotopic (exact) mass is 207 g/mol. The van der Waals surface area contributed by atoms with Crippen LogP contribution in [-0.4, -0.2) is 23.4 Å². The Morgan fingerprint density at radius 2 is 2.27 bits per heavy atom. The number of fused-ring (bicyclic) bond motifs is 1. The summed E-state index contributed by atoms with van der Waals surface area (Å²) >= 11 is 0. The second-order valence-electron chi connectivity index (χ2n) is 3.28. The van der Waals surface area contributed by atoms with Crippen molar-refractivity contribution in [2.24, 2.45) is 0 Å². The van der Waals surface area contributed by atoms with Gasteiger partial charge in [0.05, 0.1) is 5.69 Å². The molecule has 1 heterocycles. The Balaban J connectivity index is 2.52. The molecule has 78 valence electrons. The molecule has 0 saturated heterocycles. The molecule has 0 bridgehead atoms. The molecule has 1 amide bonds. The summed E-state index contributed by atoms with van der Waals surface area (Å²) in [6.45, 7) is 1.57.